The molecule has 86 valence electrons. The average Bonchev–Trinajstić information content (AvgIpc) is 2.58. The van der Waals surface area contributed by atoms with Crippen LogP contribution in [0.3, 0.4) is 0 Å². The monoisotopic (exact) mass is 224 g/mol. The van der Waals surface area contributed by atoms with Gasteiger partial charge in [0.1, 0.15) is 0 Å². The largest absolute Gasteiger partial charge is 0.350 e. The van der Waals surface area contributed by atoms with Crippen molar-refractivity contribution in [1.82, 2.24) is 4.57 Å². The second-order valence-electron chi connectivity index (χ2n) is 3.89. The van der Waals surface area contributed by atoms with Crippen LogP contribution >= 0.6 is 0 Å². The normalized spacial score (nSPS) is 13.6. The van der Waals surface area contributed by atoms with Crippen molar-refractivity contribution in [3.63, 3.8) is 0 Å². The highest BCUT2D eigenvalue weighted by molar-refractivity contribution is 5.84. The van der Waals surface area contributed by atoms with Gasteiger partial charge >= 0.3 is 0 Å². The minimum atomic E-state index is -2.42. The van der Waals surface area contributed by atoms with Gasteiger partial charge in [0.25, 0.3) is 0 Å². The van der Waals surface area contributed by atoms with Gasteiger partial charge in [0.15, 0.2) is 0 Å². The standard InChI is InChI=1S/C12H14F2N2/c1-16-7-10(9(6-15)12(13)14)8-4-2-3-5-11(8)16/h2-5,7,9,12H,6,15H2,1H3. The fourth-order valence-corrected chi connectivity index (χ4v) is 2.03. The van der Waals surface area contributed by atoms with E-state index in [0.29, 0.717) is 5.56 Å². The number of halogens is 2. The van der Waals surface area contributed by atoms with Crippen LogP contribution in [0, 0.1) is 0 Å². The summed E-state index contributed by atoms with van der Waals surface area (Å²) in [5.74, 6) is -0.883. The lowest BCUT2D eigenvalue weighted by molar-refractivity contribution is 0.117. The molecule has 0 spiro atoms. The average molecular weight is 224 g/mol. The first-order chi connectivity index (χ1) is 7.65. The van der Waals surface area contributed by atoms with Gasteiger partial charge in [-0.05, 0) is 11.6 Å². The zero-order valence-electron chi connectivity index (χ0n) is 9.03. The lowest BCUT2D eigenvalue weighted by Gasteiger charge is -2.12. The van der Waals surface area contributed by atoms with E-state index in [9.17, 15) is 8.78 Å². The molecule has 2 aromatic rings. The van der Waals surface area contributed by atoms with Gasteiger partial charge in [-0.25, -0.2) is 8.78 Å². The summed E-state index contributed by atoms with van der Waals surface area (Å²) in [6.45, 7) is -0.0360. The number of fused-ring (bicyclic) bond motifs is 1. The van der Waals surface area contributed by atoms with Gasteiger partial charge in [-0.1, -0.05) is 18.2 Å². The predicted octanol–water partition coefficient (Wildman–Crippen LogP) is 2.49. The molecule has 1 atom stereocenters. The summed E-state index contributed by atoms with van der Waals surface area (Å²) in [5.41, 5.74) is 7.01. The molecular weight excluding hydrogens is 210 g/mol. The summed E-state index contributed by atoms with van der Waals surface area (Å²) in [5, 5.41) is 0.862. The molecule has 2 N–H and O–H groups in total. The fourth-order valence-electron chi connectivity index (χ4n) is 2.03. The first kappa shape index (κ1) is 11.1. The third kappa shape index (κ3) is 1.69. The molecule has 1 aromatic carbocycles. The van der Waals surface area contributed by atoms with Crippen molar-refractivity contribution < 1.29 is 8.78 Å². The third-order valence-electron chi connectivity index (χ3n) is 2.89. The highest BCUT2D eigenvalue weighted by Crippen LogP contribution is 2.30. The van der Waals surface area contributed by atoms with E-state index in [4.69, 9.17) is 5.73 Å². The molecule has 2 nitrogen and oxygen atoms in total. The van der Waals surface area contributed by atoms with Gasteiger partial charge < -0.3 is 10.3 Å². The minimum absolute atomic E-state index is 0.0360. The van der Waals surface area contributed by atoms with Crippen molar-refractivity contribution in [2.24, 2.45) is 12.8 Å². The molecule has 0 fully saturated rings. The Morgan fingerprint density at radius 3 is 2.62 bits per heavy atom. The van der Waals surface area contributed by atoms with Crippen LogP contribution < -0.4 is 5.73 Å². The van der Waals surface area contributed by atoms with Crippen molar-refractivity contribution in [2.45, 2.75) is 12.3 Å². The zero-order chi connectivity index (χ0) is 11.7. The van der Waals surface area contributed by atoms with Gasteiger partial charge in [0, 0.05) is 30.7 Å². The lowest BCUT2D eigenvalue weighted by atomic mass is 9.99. The van der Waals surface area contributed by atoms with Crippen molar-refractivity contribution in [1.29, 1.82) is 0 Å². The topological polar surface area (TPSA) is 30.9 Å². The highest BCUT2D eigenvalue weighted by atomic mass is 19.3. The van der Waals surface area contributed by atoms with E-state index >= 15 is 0 Å². The molecule has 0 radical (unpaired) electrons. The van der Waals surface area contributed by atoms with Crippen molar-refractivity contribution >= 4 is 10.9 Å². The van der Waals surface area contributed by atoms with Crippen LogP contribution in [-0.2, 0) is 7.05 Å². The summed E-state index contributed by atoms with van der Waals surface area (Å²) in [6.07, 6.45) is -0.676. The van der Waals surface area contributed by atoms with E-state index in [0.717, 1.165) is 10.9 Å². The smallest absolute Gasteiger partial charge is 0.246 e. The van der Waals surface area contributed by atoms with E-state index in [-0.39, 0.29) is 6.54 Å². The maximum absolute atomic E-state index is 12.8. The summed E-state index contributed by atoms with van der Waals surface area (Å²) in [4.78, 5) is 0. The summed E-state index contributed by atoms with van der Waals surface area (Å²) >= 11 is 0. The molecule has 4 heteroatoms. The van der Waals surface area contributed by atoms with Gasteiger partial charge in [0.2, 0.25) is 6.43 Å². The van der Waals surface area contributed by atoms with E-state index in [1.807, 2.05) is 35.9 Å². The number of aryl methyl sites for hydroxylation is 1. The summed E-state index contributed by atoms with van der Waals surface area (Å²) < 4.78 is 27.5. The van der Waals surface area contributed by atoms with Crippen LogP contribution in [-0.4, -0.2) is 17.5 Å². The van der Waals surface area contributed by atoms with Crippen molar-refractivity contribution in [3.8, 4) is 0 Å². The quantitative estimate of drug-likeness (QED) is 0.853. The van der Waals surface area contributed by atoms with Crippen molar-refractivity contribution in [3.05, 3.63) is 36.0 Å². The molecule has 1 heterocycles. The highest BCUT2D eigenvalue weighted by Gasteiger charge is 2.24. The first-order valence-electron chi connectivity index (χ1n) is 5.17. The Labute approximate surface area is 92.7 Å². The van der Waals surface area contributed by atoms with Crippen LogP contribution in [0.25, 0.3) is 10.9 Å². The van der Waals surface area contributed by atoms with Gasteiger partial charge in [-0.2, -0.15) is 0 Å². The molecule has 0 aliphatic heterocycles. The Morgan fingerprint density at radius 1 is 1.31 bits per heavy atom. The van der Waals surface area contributed by atoms with E-state index in [2.05, 4.69) is 0 Å². The number of nitrogens with zero attached hydrogens (tertiary/aromatic N) is 1. The van der Waals surface area contributed by atoms with Crippen LogP contribution in [0.4, 0.5) is 8.78 Å². The molecule has 1 unspecified atom stereocenters. The van der Waals surface area contributed by atoms with Crippen LogP contribution in [0.5, 0.6) is 0 Å². The van der Waals surface area contributed by atoms with E-state index in [1.165, 1.54) is 0 Å². The number of alkyl halides is 2. The summed E-state index contributed by atoms with van der Waals surface area (Å²) in [6, 6.07) is 7.52. The Kier molecular flexibility index (Phi) is 2.92. The number of para-hydroxylation sites is 1. The van der Waals surface area contributed by atoms with Crippen LogP contribution in [0.15, 0.2) is 30.5 Å². The number of rotatable bonds is 3. The summed E-state index contributed by atoms with van der Waals surface area (Å²) in [7, 11) is 1.85. The molecule has 1 aromatic heterocycles. The SMILES string of the molecule is Cn1cc(C(CN)C(F)F)c2ccccc21. The maximum atomic E-state index is 12.8. The Hall–Kier alpha value is -1.42. The van der Waals surface area contributed by atoms with E-state index < -0.39 is 12.3 Å². The van der Waals surface area contributed by atoms with Crippen LogP contribution in [0.2, 0.25) is 0 Å². The maximum Gasteiger partial charge on any atom is 0.246 e. The Balaban J connectivity index is 2.60. The molecule has 0 bridgehead atoms. The predicted molar refractivity (Wildman–Crippen MR) is 60.7 cm³/mol. The Bertz CT molecular complexity index is 491. The number of nitrogens with two attached hydrogens (primary N) is 1. The van der Waals surface area contributed by atoms with Gasteiger partial charge in [-0.15, -0.1) is 0 Å². The molecule has 16 heavy (non-hydrogen) atoms. The van der Waals surface area contributed by atoms with E-state index in [1.54, 1.807) is 6.20 Å². The number of hydrogen-bond donors (Lipinski definition) is 1. The van der Waals surface area contributed by atoms with Gasteiger partial charge in [-0.3, -0.25) is 0 Å². The molecule has 0 saturated carbocycles. The molecular formula is C12H14F2N2. The molecule has 2 rings (SSSR count). The number of hydrogen-bond acceptors (Lipinski definition) is 1. The number of aromatic nitrogens is 1. The molecule has 0 aliphatic rings. The minimum Gasteiger partial charge on any atom is -0.350 e. The second kappa shape index (κ2) is 4.22. The van der Waals surface area contributed by atoms with Crippen LogP contribution in [0.1, 0.15) is 11.5 Å². The fraction of sp³-hybridized carbons (Fsp3) is 0.333. The molecule has 0 amide bonds. The second-order valence-corrected chi connectivity index (χ2v) is 3.89. The zero-order valence-corrected chi connectivity index (χ0v) is 9.03. The lowest BCUT2D eigenvalue weighted by Crippen LogP contribution is -2.19. The third-order valence-corrected chi connectivity index (χ3v) is 2.89. The number of benzene rings is 1. The molecule has 0 saturated heterocycles. The molecule has 0 aliphatic carbocycles. The van der Waals surface area contributed by atoms with Gasteiger partial charge in [0.05, 0.1) is 5.92 Å². The first-order valence-corrected chi connectivity index (χ1v) is 5.17. The van der Waals surface area contributed by atoms with Crippen molar-refractivity contribution in [2.75, 3.05) is 6.54 Å². The Morgan fingerprint density at radius 2 is 2.00 bits per heavy atom.